The highest BCUT2D eigenvalue weighted by Gasteiger charge is 2.16. The fraction of sp³-hybridized carbons (Fsp3) is 0.400. The number of nitrogens with one attached hydrogen (secondary N) is 1. The first kappa shape index (κ1) is 20.4. The third kappa shape index (κ3) is 5.77. The molecule has 27 heavy (non-hydrogen) atoms. The summed E-state index contributed by atoms with van der Waals surface area (Å²) in [6.45, 7) is 7.59. The number of benzene rings is 1. The molecule has 0 saturated carbocycles. The number of esters is 1. The highest BCUT2D eigenvalue weighted by molar-refractivity contribution is 5.92. The Balaban J connectivity index is 2.11. The quantitative estimate of drug-likeness (QED) is 0.678. The third-order valence-electron chi connectivity index (χ3n) is 3.80. The number of amides is 1. The molecule has 0 spiro atoms. The van der Waals surface area contributed by atoms with Gasteiger partial charge in [0.25, 0.3) is 5.91 Å². The van der Waals surface area contributed by atoms with Crippen LogP contribution in [0.1, 0.15) is 54.5 Å². The summed E-state index contributed by atoms with van der Waals surface area (Å²) in [6, 6.07) is 8.43. The summed E-state index contributed by atoms with van der Waals surface area (Å²) in [7, 11) is 0. The minimum atomic E-state index is -0.361. The van der Waals surface area contributed by atoms with Crippen molar-refractivity contribution in [2.24, 2.45) is 0 Å². The van der Waals surface area contributed by atoms with E-state index in [1.54, 1.807) is 48.4 Å². The van der Waals surface area contributed by atoms with Gasteiger partial charge in [-0.25, -0.2) is 14.8 Å². The summed E-state index contributed by atoms with van der Waals surface area (Å²) in [4.78, 5) is 34.7. The first-order valence-corrected chi connectivity index (χ1v) is 9.25. The van der Waals surface area contributed by atoms with Crippen LogP contribution in [0.3, 0.4) is 0 Å². The van der Waals surface area contributed by atoms with Gasteiger partial charge in [-0.05, 0) is 50.1 Å². The normalized spacial score (nSPS) is 10.3. The first-order valence-electron chi connectivity index (χ1n) is 9.25. The molecule has 144 valence electrons. The van der Waals surface area contributed by atoms with Gasteiger partial charge in [-0.2, -0.15) is 0 Å². The maximum Gasteiger partial charge on any atom is 0.338 e. The Morgan fingerprint density at radius 3 is 2.30 bits per heavy atom. The lowest BCUT2D eigenvalue weighted by Crippen LogP contribution is -2.33. The van der Waals surface area contributed by atoms with Crippen LogP contribution in [-0.2, 0) is 4.74 Å². The zero-order valence-electron chi connectivity index (χ0n) is 16.1. The molecule has 1 aromatic carbocycles. The second kappa shape index (κ2) is 10.3. The van der Waals surface area contributed by atoms with Gasteiger partial charge in [-0.3, -0.25) is 4.79 Å². The Kier molecular flexibility index (Phi) is 7.73. The van der Waals surface area contributed by atoms with E-state index in [2.05, 4.69) is 15.3 Å². The summed E-state index contributed by atoms with van der Waals surface area (Å²) >= 11 is 0. The summed E-state index contributed by atoms with van der Waals surface area (Å²) in [5.41, 5.74) is 1.55. The number of carbonyl (C=O) groups is 2. The standard InChI is InChI=1S/C20H26N4O3/c1-4-13-24(14-5-2)18(25)17-11-12-21-20(23-17)22-16-9-7-15(8-10-16)19(26)27-6-3/h7-12H,4-6,13-14H2,1-3H3,(H,21,22,23). The van der Waals surface area contributed by atoms with Crippen molar-refractivity contribution in [1.29, 1.82) is 0 Å². The fourth-order valence-corrected chi connectivity index (χ4v) is 2.59. The van der Waals surface area contributed by atoms with Crippen molar-refractivity contribution < 1.29 is 14.3 Å². The van der Waals surface area contributed by atoms with Crippen molar-refractivity contribution in [1.82, 2.24) is 14.9 Å². The molecule has 1 aromatic heterocycles. The molecular weight excluding hydrogens is 344 g/mol. The van der Waals surface area contributed by atoms with Gasteiger partial charge in [0.1, 0.15) is 5.69 Å². The summed E-state index contributed by atoms with van der Waals surface area (Å²) in [5, 5.41) is 3.06. The monoisotopic (exact) mass is 370 g/mol. The predicted octanol–water partition coefficient (Wildman–Crippen LogP) is 3.66. The molecule has 1 heterocycles. The van der Waals surface area contributed by atoms with Crippen molar-refractivity contribution in [2.45, 2.75) is 33.6 Å². The highest BCUT2D eigenvalue weighted by Crippen LogP contribution is 2.15. The molecule has 0 atom stereocenters. The number of carbonyl (C=O) groups excluding carboxylic acids is 2. The van der Waals surface area contributed by atoms with E-state index in [0.717, 1.165) is 12.8 Å². The van der Waals surface area contributed by atoms with Gasteiger partial charge < -0.3 is 15.0 Å². The third-order valence-corrected chi connectivity index (χ3v) is 3.80. The molecule has 0 aliphatic heterocycles. The van der Waals surface area contributed by atoms with Crippen molar-refractivity contribution in [3.8, 4) is 0 Å². The lowest BCUT2D eigenvalue weighted by molar-refractivity contribution is 0.0526. The maximum absolute atomic E-state index is 12.7. The van der Waals surface area contributed by atoms with E-state index in [1.165, 1.54) is 0 Å². The second-order valence-corrected chi connectivity index (χ2v) is 5.98. The molecule has 0 aliphatic rings. The molecule has 0 fully saturated rings. The van der Waals surface area contributed by atoms with Crippen LogP contribution in [0.5, 0.6) is 0 Å². The lowest BCUT2D eigenvalue weighted by Gasteiger charge is -2.21. The zero-order chi connectivity index (χ0) is 19.6. The SMILES string of the molecule is CCCN(CCC)C(=O)c1ccnc(Nc2ccc(C(=O)OCC)cc2)n1. The van der Waals surface area contributed by atoms with E-state index in [0.29, 0.717) is 42.6 Å². The number of rotatable bonds is 9. The van der Waals surface area contributed by atoms with E-state index in [-0.39, 0.29) is 11.9 Å². The smallest absolute Gasteiger partial charge is 0.338 e. The number of ether oxygens (including phenoxy) is 1. The maximum atomic E-state index is 12.7. The minimum Gasteiger partial charge on any atom is -0.462 e. The van der Waals surface area contributed by atoms with Crippen LogP contribution in [0.25, 0.3) is 0 Å². The molecule has 0 unspecified atom stereocenters. The van der Waals surface area contributed by atoms with Crippen molar-refractivity contribution in [3.05, 3.63) is 47.8 Å². The van der Waals surface area contributed by atoms with E-state index in [1.807, 2.05) is 13.8 Å². The van der Waals surface area contributed by atoms with Gasteiger partial charge in [-0.15, -0.1) is 0 Å². The zero-order valence-corrected chi connectivity index (χ0v) is 16.1. The van der Waals surface area contributed by atoms with E-state index in [9.17, 15) is 9.59 Å². The molecule has 0 bridgehead atoms. The van der Waals surface area contributed by atoms with Crippen LogP contribution in [0, 0.1) is 0 Å². The van der Waals surface area contributed by atoms with E-state index < -0.39 is 0 Å². The number of nitrogens with zero attached hydrogens (tertiary/aromatic N) is 3. The van der Waals surface area contributed by atoms with Gasteiger partial charge in [0.2, 0.25) is 5.95 Å². The Morgan fingerprint density at radius 1 is 1.04 bits per heavy atom. The topological polar surface area (TPSA) is 84.4 Å². The molecular formula is C20H26N4O3. The van der Waals surface area contributed by atoms with Crippen LogP contribution < -0.4 is 5.32 Å². The lowest BCUT2D eigenvalue weighted by atomic mass is 10.2. The average Bonchev–Trinajstić information content (AvgIpc) is 2.68. The molecule has 7 nitrogen and oxygen atoms in total. The Labute approximate surface area is 159 Å². The van der Waals surface area contributed by atoms with Crippen molar-refractivity contribution in [3.63, 3.8) is 0 Å². The number of aromatic nitrogens is 2. The minimum absolute atomic E-state index is 0.0955. The largest absolute Gasteiger partial charge is 0.462 e. The molecule has 0 radical (unpaired) electrons. The molecule has 0 saturated heterocycles. The van der Waals surface area contributed by atoms with Crippen LogP contribution in [0.15, 0.2) is 36.5 Å². The molecule has 2 aromatic rings. The number of hydrogen-bond acceptors (Lipinski definition) is 6. The van der Waals surface area contributed by atoms with Gasteiger partial charge in [-0.1, -0.05) is 13.8 Å². The molecule has 2 rings (SSSR count). The molecule has 1 N–H and O–H groups in total. The Hall–Kier alpha value is -2.96. The summed E-state index contributed by atoms with van der Waals surface area (Å²) in [6.07, 6.45) is 3.36. The first-order chi connectivity index (χ1) is 13.1. The van der Waals surface area contributed by atoms with Crippen LogP contribution in [0.2, 0.25) is 0 Å². The van der Waals surface area contributed by atoms with Crippen molar-refractivity contribution >= 4 is 23.5 Å². The number of anilines is 2. The Bertz CT molecular complexity index is 756. The fourth-order valence-electron chi connectivity index (χ4n) is 2.59. The van der Waals surface area contributed by atoms with Crippen LogP contribution in [-0.4, -0.2) is 46.4 Å². The van der Waals surface area contributed by atoms with Gasteiger partial charge in [0, 0.05) is 25.0 Å². The van der Waals surface area contributed by atoms with Crippen LogP contribution in [0.4, 0.5) is 11.6 Å². The number of hydrogen-bond donors (Lipinski definition) is 1. The van der Waals surface area contributed by atoms with Gasteiger partial charge >= 0.3 is 5.97 Å². The Morgan fingerprint density at radius 2 is 1.70 bits per heavy atom. The van der Waals surface area contributed by atoms with Gasteiger partial charge in [0.05, 0.1) is 12.2 Å². The molecule has 7 heteroatoms. The van der Waals surface area contributed by atoms with E-state index >= 15 is 0 Å². The van der Waals surface area contributed by atoms with E-state index in [4.69, 9.17) is 4.74 Å². The molecule has 0 aliphatic carbocycles. The highest BCUT2D eigenvalue weighted by atomic mass is 16.5. The second-order valence-electron chi connectivity index (χ2n) is 5.98. The average molecular weight is 370 g/mol. The van der Waals surface area contributed by atoms with Crippen LogP contribution >= 0.6 is 0 Å². The van der Waals surface area contributed by atoms with Gasteiger partial charge in [0.15, 0.2) is 0 Å². The van der Waals surface area contributed by atoms with Crippen molar-refractivity contribution in [2.75, 3.05) is 25.0 Å². The molecule has 1 amide bonds. The summed E-state index contributed by atoms with van der Waals surface area (Å²) < 4.78 is 4.96. The predicted molar refractivity (Wildman–Crippen MR) is 104 cm³/mol. The summed E-state index contributed by atoms with van der Waals surface area (Å²) in [5.74, 6) is -0.126.